The summed E-state index contributed by atoms with van der Waals surface area (Å²) in [6.07, 6.45) is 24.9. The summed E-state index contributed by atoms with van der Waals surface area (Å²) in [5.74, 6) is -0.719. The minimum Gasteiger partial charge on any atom is -0.481 e. The van der Waals surface area contributed by atoms with E-state index in [-0.39, 0.29) is 6.42 Å². The second kappa shape index (κ2) is 12.9. The summed E-state index contributed by atoms with van der Waals surface area (Å²) in [6.45, 7) is 2.14. The quantitative estimate of drug-likeness (QED) is 0.288. The van der Waals surface area contributed by atoms with Gasteiger partial charge in [0.05, 0.1) is 12.2 Å². The van der Waals surface area contributed by atoms with E-state index < -0.39 is 5.97 Å². The molecule has 0 bridgehead atoms. The van der Waals surface area contributed by atoms with Gasteiger partial charge in [0, 0.05) is 6.42 Å². The highest BCUT2D eigenvalue weighted by Gasteiger charge is 2.35. The van der Waals surface area contributed by atoms with Gasteiger partial charge < -0.3 is 9.84 Å². The molecule has 128 valence electrons. The first-order valence-corrected chi connectivity index (χ1v) is 8.71. The van der Waals surface area contributed by atoms with Crippen molar-refractivity contribution < 1.29 is 14.6 Å². The summed E-state index contributed by atoms with van der Waals surface area (Å²) in [4.78, 5) is 10.4. The summed E-state index contributed by atoms with van der Waals surface area (Å²) in [5.41, 5.74) is 0. The fourth-order valence-electron chi connectivity index (χ4n) is 2.25. The van der Waals surface area contributed by atoms with Crippen molar-refractivity contribution in [2.45, 2.75) is 70.5 Å². The van der Waals surface area contributed by atoms with E-state index in [9.17, 15) is 4.79 Å². The molecule has 3 nitrogen and oxygen atoms in total. The van der Waals surface area contributed by atoms with E-state index in [4.69, 9.17) is 9.84 Å². The van der Waals surface area contributed by atoms with Crippen LogP contribution in [0.3, 0.4) is 0 Å². The Hall–Kier alpha value is -1.61. The Morgan fingerprint density at radius 2 is 1.48 bits per heavy atom. The molecule has 1 fully saturated rings. The van der Waals surface area contributed by atoms with E-state index in [1.807, 2.05) is 0 Å². The Morgan fingerprint density at radius 1 is 0.913 bits per heavy atom. The van der Waals surface area contributed by atoms with Crippen molar-refractivity contribution >= 4 is 5.97 Å². The fourth-order valence-corrected chi connectivity index (χ4v) is 2.25. The van der Waals surface area contributed by atoms with Crippen molar-refractivity contribution in [3.63, 3.8) is 0 Å². The van der Waals surface area contributed by atoms with Gasteiger partial charge in [-0.1, -0.05) is 55.5 Å². The number of carboxylic acids is 1. The first-order valence-electron chi connectivity index (χ1n) is 8.71. The van der Waals surface area contributed by atoms with E-state index in [2.05, 4.69) is 55.5 Å². The molecule has 0 radical (unpaired) electrons. The number of ether oxygens (including phenoxy) is 1. The number of hydrogen-bond acceptors (Lipinski definition) is 2. The third kappa shape index (κ3) is 11.6. The van der Waals surface area contributed by atoms with Crippen LogP contribution in [0.4, 0.5) is 0 Å². The monoisotopic (exact) mass is 318 g/mol. The molecule has 0 aromatic heterocycles. The third-order valence-corrected chi connectivity index (χ3v) is 3.63. The fraction of sp³-hybridized carbons (Fsp3) is 0.550. The highest BCUT2D eigenvalue weighted by molar-refractivity contribution is 5.66. The molecule has 0 aliphatic carbocycles. The summed E-state index contributed by atoms with van der Waals surface area (Å²) in [6, 6.07) is 0. The number of hydrogen-bond donors (Lipinski definition) is 1. The average molecular weight is 318 g/mol. The van der Waals surface area contributed by atoms with Gasteiger partial charge >= 0.3 is 5.97 Å². The molecular weight excluding hydrogens is 288 g/mol. The lowest BCUT2D eigenvalue weighted by molar-refractivity contribution is -0.137. The lowest BCUT2D eigenvalue weighted by Crippen LogP contribution is -1.93. The minimum atomic E-state index is -0.719. The second-order valence-electron chi connectivity index (χ2n) is 5.74. The molecule has 0 amide bonds. The summed E-state index contributed by atoms with van der Waals surface area (Å²) in [7, 11) is 0. The van der Waals surface area contributed by atoms with E-state index >= 15 is 0 Å². The van der Waals surface area contributed by atoms with Crippen molar-refractivity contribution in [1.29, 1.82) is 0 Å². The number of carboxylic acid groups (broad SMARTS) is 1. The Morgan fingerprint density at radius 3 is 2.09 bits per heavy atom. The molecule has 3 heteroatoms. The van der Waals surface area contributed by atoms with Crippen molar-refractivity contribution in [2.75, 3.05) is 0 Å². The molecule has 1 heterocycles. The highest BCUT2D eigenvalue weighted by Crippen LogP contribution is 2.29. The highest BCUT2D eigenvalue weighted by atomic mass is 16.6. The Labute approximate surface area is 140 Å². The summed E-state index contributed by atoms with van der Waals surface area (Å²) in [5, 5.41) is 8.53. The van der Waals surface area contributed by atoms with Gasteiger partial charge in [0.1, 0.15) is 0 Å². The number of unbranched alkanes of at least 4 members (excludes halogenated alkanes) is 1. The van der Waals surface area contributed by atoms with Gasteiger partial charge in [-0.2, -0.15) is 0 Å². The number of carbonyl (C=O) groups is 1. The van der Waals surface area contributed by atoms with Gasteiger partial charge in [0.25, 0.3) is 0 Å². The SMILES string of the molecule is CC/C=C\C/C=C\C/C=C\C[C@H]1O[C@H]1C/C=C\CCCC(=O)O. The van der Waals surface area contributed by atoms with Crippen molar-refractivity contribution in [2.24, 2.45) is 0 Å². The van der Waals surface area contributed by atoms with Crippen molar-refractivity contribution in [1.82, 2.24) is 0 Å². The molecule has 1 aliphatic rings. The molecule has 0 spiro atoms. The molecule has 1 saturated heterocycles. The predicted octanol–water partition coefficient (Wildman–Crippen LogP) is 5.20. The number of allylic oxidation sites excluding steroid dienone is 6. The number of aliphatic carboxylic acids is 1. The van der Waals surface area contributed by atoms with E-state index in [0.29, 0.717) is 18.6 Å². The van der Waals surface area contributed by atoms with Gasteiger partial charge in [0.15, 0.2) is 0 Å². The molecular formula is C20H30O3. The molecule has 0 unspecified atom stereocenters. The Balaban J connectivity index is 1.96. The van der Waals surface area contributed by atoms with E-state index in [0.717, 1.165) is 38.5 Å². The zero-order valence-electron chi connectivity index (χ0n) is 14.2. The Bertz CT molecular complexity index is 432. The lowest BCUT2D eigenvalue weighted by atomic mass is 10.1. The van der Waals surface area contributed by atoms with E-state index in [1.54, 1.807) is 0 Å². The van der Waals surface area contributed by atoms with Crippen LogP contribution >= 0.6 is 0 Å². The Kier molecular flexibility index (Phi) is 10.9. The first kappa shape index (κ1) is 19.4. The van der Waals surface area contributed by atoms with Crippen LogP contribution in [-0.4, -0.2) is 23.3 Å². The minimum absolute atomic E-state index is 0.251. The molecule has 2 atom stereocenters. The molecule has 23 heavy (non-hydrogen) atoms. The molecule has 0 aromatic rings. The van der Waals surface area contributed by atoms with Gasteiger partial charge in [-0.15, -0.1) is 0 Å². The van der Waals surface area contributed by atoms with Crippen LogP contribution in [0.2, 0.25) is 0 Å². The van der Waals surface area contributed by atoms with Crippen LogP contribution in [0.1, 0.15) is 58.3 Å². The third-order valence-electron chi connectivity index (χ3n) is 3.63. The number of rotatable bonds is 13. The summed E-state index contributed by atoms with van der Waals surface area (Å²) >= 11 is 0. The summed E-state index contributed by atoms with van der Waals surface area (Å²) < 4.78 is 5.61. The molecule has 1 aliphatic heterocycles. The second-order valence-corrected chi connectivity index (χ2v) is 5.74. The van der Waals surface area contributed by atoms with Crippen LogP contribution in [0.25, 0.3) is 0 Å². The maximum absolute atomic E-state index is 10.4. The van der Waals surface area contributed by atoms with Crippen LogP contribution < -0.4 is 0 Å². The van der Waals surface area contributed by atoms with Gasteiger partial charge in [-0.25, -0.2) is 0 Å². The zero-order valence-corrected chi connectivity index (χ0v) is 14.2. The molecule has 1 rings (SSSR count). The predicted molar refractivity (Wildman–Crippen MR) is 95.5 cm³/mol. The van der Waals surface area contributed by atoms with Crippen LogP contribution in [0.5, 0.6) is 0 Å². The standard InChI is InChI=1S/C20H30O3/c1-2-3-4-5-6-7-8-9-12-15-18-19(23-18)16-13-10-11-14-17-20(21)22/h3-4,6-7,9-10,12-13,18-19H,2,5,8,11,14-17H2,1H3,(H,21,22)/b4-3-,7-6-,12-9-,13-10-/t18-,19+/m1/s1. The van der Waals surface area contributed by atoms with E-state index in [1.165, 1.54) is 0 Å². The normalized spacial score (nSPS) is 21.3. The first-order chi connectivity index (χ1) is 11.2. The maximum Gasteiger partial charge on any atom is 0.303 e. The van der Waals surface area contributed by atoms with Crippen LogP contribution in [0, 0.1) is 0 Å². The van der Waals surface area contributed by atoms with Crippen LogP contribution in [-0.2, 0) is 9.53 Å². The topological polar surface area (TPSA) is 49.8 Å². The van der Waals surface area contributed by atoms with Crippen molar-refractivity contribution in [3.05, 3.63) is 48.6 Å². The van der Waals surface area contributed by atoms with Crippen molar-refractivity contribution in [3.8, 4) is 0 Å². The molecule has 0 aromatic carbocycles. The van der Waals surface area contributed by atoms with Crippen LogP contribution in [0.15, 0.2) is 48.6 Å². The zero-order chi connectivity index (χ0) is 16.8. The average Bonchev–Trinajstić information content (AvgIpc) is 3.27. The smallest absolute Gasteiger partial charge is 0.303 e. The molecule has 1 N–H and O–H groups in total. The molecule has 0 saturated carbocycles. The maximum atomic E-state index is 10.4. The lowest BCUT2D eigenvalue weighted by Gasteiger charge is -1.91. The van der Waals surface area contributed by atoms with Gasteiger partial charge in [-0.05, 0) is 44.9 Å². The number of epoxide rings is 1. The van der Waals surface area contributed by atoms with Gasteiger partial charge in [-0.3, -0.25) is 4.79 Å². The van der Waals surface area contributed by atoms with Gasteiger partial charge in [0.2, 0.25) is 0 Å². The largest absolute Gasteiger partial charge is 0.481 e.